The molecule has 1 atom stereocenters. The fourth-order valence-electron chi connectivity index (χ4n) is 4.05. The molecule has 0 bridgehead atoms. The van der Waals surface area contributed by atoms with E-state index in [1.54, 1.807) is 12.1 Å². The number of nitrogens with one attached hydrogen (secondary N) is 1. The Hall–Kier alpha value is -2.23. The minimum Gasteiger partial charge on any atom is -0.349 e. The van der Waals surface area contributed by atoms with E-state index in [4.69, 9.17) is 0 Å². The number of amides is 1. The van der Waals surface area contributed by atoms with Crippen LogP contribution in [0, 0.1) is 5.92 Å². The van der Waals surface area contributed by atoms with E-state index in [9.17, 15) is 21.6 Å². The summed E-state index contributed by atoms with van der Waals surface area (Å²) in [6, 6.07) is 16.0. The average Bonchev–Trinajstić information content (AvgIpc) is 2.79. The number of aryl methyl sites for hydroxylation is 1. The zero-order valence-corrected chi connectivity index (χ0v) is 20.7. The molecule has 180 valence electrons. The highest BCUT2D eigenvalue weighted by atomic mass is 32.2. The molecular formula is C24H32N2O5S2. The number of piperidine rings is 1. The molecule has 0 saturated carbocycles. The van der Waals surface area contributed by atoms with Crippen LogP contribution in [0.5, 0.6) is 0 Å². The predicted molar refractivity (Wildman–Crippen MR) is 129 cm³/mol. The molecule has 0 aromatic heterocycles. The Morgan fingerprint density at radius 1 is 1.00 bits per heavy atom. The molecule has 1 saturated heterocycles. The van der Waals surface area contributed by atoms with Crippen molar-refractivity contribution < 1.29 is 21.6 Å². The van der Waals surface area contributed by atoms with Gasteiger partial charge in [-0.25, -0.2) is 21.1 Å². The van der Waals surface area contributed by atoms with Crippen molar-refractivity contribution in [3.05, 3.63) is 65.7 Å². The van der Waals surface area contributed by atoms with Crippen molar-refractivity contribution in [2.75, 3.05) is 25.1 Å². The first-order valence-electron chi connectivity index (χ1n) is 11.2. The lowest BCUT2D eigenvalue weighted by Gasteiger charge is -2.31. The summed E-state index contributed by atoms with van der Waals surface area (Å²) in [5, 5.41) is 2.97. The number of benzene rings is 2. The molecule has 9 heteroatoms. The first kappa shape index (κ1) is 25.4. The standard InChI is InChI=1S/C24H32N2O5S2/c1-19(21-10-12-23(13-11-21)32(2,28)29)25-24(27)22-14-16-26(17-15-22)33(30,31)18-6-9-20-7-4-3-5-8-20/h3-5,7-8,10-13,19,22H,6,9,14-18H2,1-2H3,(H,25,27)/t19-/m0/s1. The lowest BCUT2D eigenvalue weighted by atomic mass is 9.96. The molecule has 2 aromatic rings. The molecule has 0 spiro atoms. The fourth-order valence-corrected chi connectivity index (χ4v) is 6.21. The molecule has 0 radical (unpaired) electrons. The number of sulfone groups is 1. The molecule has 1 aliphatic heterocycles. The summed E-state index contributed by atoms with van der Waals surface area (Å²) in [6.45, 7) is 2.55. The molecule has 1 N–H and O–H groups in total. The zero-order chi connectivity index (χ0) is 24.1. The topological polar surface area (TPSA) is 101 Å². The molecule has 1 heterocycles. The van der Waals surface area contributed by atoms with Crippen molar-refractivity contribution in [1.29, 1.82) is 0 Å². The van der Waals surface area contributed by atoms with Gasteiger partial charge in [0.1, 0.15) is 0 Å². The molecule has 0 aliphatic carbocycles. The molecule has 1 amide bonds. The van der Waals surface area contributed by atoms with E-state index in [1.807, 2.05) is 37.3 Å². The van der Waals surface area contributed by atoms with Crippen LogP contribution in [0.1, 0.15) is 43.4 Å². The summed E-state index contributed by atoms with van der Waals surface area (Å²) >= 11 is 0. The van der Waals surface area contributed by atoms with Gasteiger partial charge in [0.05, 0.1) is 16.7 Å². The first-order chi connectivity index (χ1) is 15.6. The Labute approximate surface area is 197 Å². The van der Waals surface area contributed by atoms with Crippen LogP contribution in [-0.4, -0.2) is 52.1 Å². The van der Waals surface area contributed by atoms with Gasteiger partial charge in [-0.05, 0) is 55.9 Å². The van der Waals surface area contributed by atoms with Crippen LogP contribution in [0.4, 0.5) is 0 Å². The fraction of sp³-hybridized carbons (Fsp3) is 0.458. The van der Waals surface area contributed by atoms with E-state index in [0.717, 1.165) is 23.8 Å². The number of rotatable bonds is 9. The van der Waals surface area contributed by atoms with Crippen LogP contribution in [-0.2, 0) is 31.1 Å². The normalized spacial score (nSPS) is 16.9. The summed E-state index contributed by atoms with van der Waals surface area (Å²) < 4.78 is 50.1. The Morgan fingerprint density at radius 2 is 1.61 bits per heavy atom. The van der Waals surface area contributed by atoms with Gasteiger partial charge in [-0.2, -0.15) is 0 Å². The second kappa shape index (κ2) is 10.8. The Balaban J connectivity index is 1.47. The Bertz CT molecular complexity index is 1140. The quantitative estimate of drug-likeness (QED) is 0.580. The maximum absolute atomic E-state index is 12.7. The van der Waals surface area contributed by atoms with E-state index in [1.165, 1.54) is 16.4 Å². The van der Waals surface area contributed by atoms with Crippen molar-refractivity contribution in [1.82, 2.24) is 9.62 Å². The number of carbonyl (C=O) groups excluding carboxylic acids is 1. The van der Waals surface area contributed by atoms with E-state index in [-0.39, 0.29) is 28.5 Å². The van der Waals surface area contributed by atoms with Crippen LogP contribution in [0.25, 0.3) is 0 Å². The summed E-state index contributed by atoms with van der Waals surface area (Å²) in [6.07, 6.45) is 3.43. The molecular weight excluding hydrogens is 460 g/mol. The Kier molecular flexibility index (Phi) is 8.31. The van der Waals surface area contributed by atoms with Crippen LogP contribution < -0.4 is 5.32 Å². The predicted octanol–water partition coefficient (Wildman–Crippen LogP) is 2.94. The van der Waals surface area contributed by atoms with Gasteiger partial charge < -0.3 is 5.32 Å². The van der Waals surface area contributed by atoms with Crippen LogP contribution >= 0.6 is 0 Å². The number of sulfonamides is 1. The summed E-state index contributed by atoms with van der Waals surface area (Å²) in [5.41, 5.74) is 1.94. The molecule has 7 nitrogen and oxygen atoms in total. The average molecular weight is 493 g/mol. The third kappa shape index (κ3) is 7.12. The molecule has 1 aliphatic rings. The minimum atomic E-state index is -3.33. The largest absolute Gasteiger partial charge is 0.349 e. The molecule has 2 aromatic carbocycles. The van der Waals surface area contributed by atoms with Gasteiger partial charge in [0.25, 0.3) is 0 Å². The lowest BCUT2D eigenvalue weighted by Crippen LogP contribution is -2.44. The summed E-state index contributed by atoms with van der Waals surface area (Å²) in [5.74, 6) is -0.228. The molecule has 3 rings (SSSR count). The van der Waals surface area contributed by atoms with Crippen molar-refractivity contribution in [3.8, 4) is 0 Å². The monoisotopic (exact) mass is 492 g/mol. The molecule has 33 heavy (non-hydrogen) atoms. The third-order valence-corrected chi connectivity index (χ3v) is 9.18. The number of hydrogen-bond acceptors (Lipinski definition) is 5. The highest BCUT2D eigenvalue weighted by Gasteiger charge is 2.31. The second-order valence-electron chi connectivity index (χ2n) is 8.65. The van der Waals surface area contributed by atoms with Crippen LogP contribution in [0.3, 0.4) is 0 Å². The van der Waals surface area contributed by atoms with E-state index >= 15 is 0 Å². The van der Waals surface area contributed by atoms with Crippen LogP contribution in [0.2, 0.25) is 0 Å². The number of nitrogens with zero attached hydrogens (tertiary/aromatic N) is 1. The van der Waals surface area contributed by atoms with Gasteiger partial charge >= 0.3 is 0 Å². The highest BCUT2D eigenvalue weighted by Crippen LogP contribution is 2.23. The van der Waals surface area contributed by atoms with E-state index < -0.39 is 19.9 Å². The zero-order valence-electron chi connectivity index (χ0n) is 19.1. The van der Waals surface area contributed by atoms with Gasteiger partial charge in [-0.3, -0.25) is 4.79 Å². The lowest BCUT2D eigenvalue weighted by molar-refractivity contribution is -0.126. The smallest absolute Gasteiger partial charge is 0.223 e. The van der Waals surface area contributed by atoms with Gasteiger partial charge in [0.2, 0.25) is 15.9 Å². The minimum absolute atomic E-state index is 0.101. The van der Waals surface area contributed by atoms with Crippen LogP contribution in [0.15, 0.2) is 59.5 Å². The van der Waals surface area contributed by atoms with Gasteiger partial charge in [-0.1, -0.05) is 42.5 Å². The maximum atomic E-state index is 12.7. The molecule has 1 fully saturated rings. The first-order valence-corrected chi connectivity index (χ1v) is 14.7. The van der Waals surface area contributed by atoms with Gasteiger partial charge in [-0.15, -0.1) is 0 Å². The highest BCUT2D eigenvalue weighted by molar-refractivity contribution is 7.90. The Morgan fingerprint density at radius 3 is 2.18 bits per heavy atom. The van der Waals surface area contributed by atoms with Crippen molar-refractivity contribution in [2.24, 2.45) is 5.92 Å². The van der Waals surface area contributed by atoms with Gasteiger partial charge in [0, 0.05) is 25.3 Å². The number of carbonyl (C=O) groups is 1. The van der Waals surface area contributed by atoms with Gasteiger partial charge in [0.15, 0.2) is 9.84 Å². The second-order valence-corrected chi connectivity index (χ2v) is 12.8. The van der Waals surface area contributed by atoms with Crippen molar-refractivity contribution in [3.63, 3.8) is 0 Å². The maximum Gasteiger partial charge on any atom is 0.223 e. The summed E-state index contributed by atoms with van der Waals surface area (Å²) in [4.78, 5) is 13.0. The SMILES string of the molecule is C[C@H](NC(=O)C1CCN(S(=O)(=O)CCCc2ccccc2)CC1)c1ccc(S(C)(=O)=O)cc1. The summed E-state index contributed by atoms with van der Waals surface area (Å²) in [7, 11) is -6.60. The van der Waals surface area contributed by atoms with Crippen molar-refractivity contribution in [2.45, 2.75) is 43.5 Å². The molecule has 0 unspecified atom stereocenters. The van der Waals surface area contributed by atoms with Crippen molar-refractivity contribution >= 4 is 25.8 Å². The van der Waals surface area contributed by atoms with E-state index in [2.05, 4.69) is 5.32 Å². The number of hydrogen-bond donors (Lipinski definition) is 1. The van der Waals surface area contributed by atoms with E-state index in [0.29, 0.717) is 32.4 Å². The third-order valence-electron chi connectivity index (χ3n) is 6.10.